The Morgan fingerprint density at radius 2 is 2.17 bits per heavy atom. The Hall–Kier alpha value is -2.14. The highest BCUT2D eigenvalue weighted by molar-refractivity contribution is 7.09. The predicted molar refractivity (Wildman–Crippen MR) is 72.6 cm³/mol. The van der Waals surface area contributed by atoms with Crippen LogP contribution in [-0.2, 0) is 6.61 Å². The molecule has 18 heavy (non-hydrogen) atoms. The third-order valence-corrected chi connectivity index (χ3v) is 3.41. The van der Waals surface area contributed by atoms with Crippen molar-refractivity contribution in [2.75, 3.05) is 5.73 Å². The number of hydrogen-bond donors (Lipinski definition) is 1. The number of aromatic nitrogens is 2. The SMILES string of the molecule is Nc1ccc2c(OCc3cccs3)ncnc2c1. The zero-order chi connectivity index (χ0) is 12.4. The number of nitrogens with zero attached hydrogens (tertiary/aromatic N) is 2. The van der Waals surface area contributed by atoms with Crippen molar-refractivity contribution in [1.82, 2.24) is 9.97 Å². The molecule has 0 atom stereocenters. The summed E-state index contributed by atoms with van der Waals surface area (Å²) in [5, 5.41) is 2.90. The lowest BCUT2D eigenvalue weighted by molar-refractivity contribution is 0.301. The summed E-state index contributed by atoms with van der Waals surface area (Å²) in [5.41, 5.74) is 7.21. The molecule has 2 aromatic heterocycles. The quantitative estimate of drug-likeness (QED) is 0.733. The molecule has 2 N–H and O–H groups in total. The number of nitrogens with two attached hydrogens (primary N) is 1. The summed E-state index contributed by atoms with van der Waals surface area (Å²) in [6.45, 7) is 0.522. The average molecular weight is 257 g/mol. The van der Waals surface area contributed by atoms with E-state index in [1.807, 2.05) is 35.7 Å². The molecule has 3 aromatic rings. The van der Waals surface area contributed by atoms with E-state index < -0.39 is 0 Å². The zero-order valence-corrected chi connectivity index (χ0v) is 10.4. The average Bonchev–Trinajstić information content (AvgIpc) is 2.89. The maximum absolute atomic E-state index is 5.73. The van der Waals surface area contributed by atoms with Crippen molar-refractivity contribution in [3.05, 3.63) is 46.9 Å². The molecule has 90 valence electrons. The van der Waals surface area contributed by atoms with Crippen molar-refractivity contribution in [1.29, 1.82) is 0 Å². The molecule has 0 aliphatic heterocycles. The van der Waals surface area contributed by atoms with Gasteiger partial charge in [-0.15, -0.1) is 11.3 Å². The third kappa shape index (κ3) is 2.12. The number of ether oxygens (including phenoxy) is 1. The van der Waals surface area contributed by atoms with Crippen LogP contribution in [-0.4, -0.2) is 9.97 Å². The van der Waals surface area contributed by atoms with Gasteiger partial charge in [-0.2, -0.15) is 0 Å². The summed E-state index contributed by atoms with van der Waals surface area (Å²) in [6.07, 6.45) is 1.49. The van der Waals surface area contributed by atoms with Gasteiger partial charge < -0.3 is 10.5 Å². The highest BCUT2D eigenvalue weighted by atomic mass is 32.1. The Morgan fingerprint density at radius 1 is 1.22 bits per heavy atom. The predicted octanol–water partition coefficient (Wildman–Crippen LogP) is 2.85. The van der Waals surface area contributed by atoms with E-state index in [0.29, 0.717) is 18.2 Å². The van der Waals surface area contributed by atoms with Gasteiger partial charge in [-0.1, -0.05) is 6.07 Å². The first-order chi connectivity index (χ1) is 8.83. The molecule has 5 heteroatoms. The molecule has 2 heterocycles. The fourth-order valence-electron chi connectivity index (χ4n) is 1.70. The molecule has 4 nitrogen and oxygen atoms in total. The normalized spacial score (nSPS) is 10.7. The number of fused-ring (bicyclic) bond motifs is 1. The lowest BCUT2D eigenvalue weighted by atomic mass is 10.2. The van der Waals surface area contributed by atoms with E-state index in [9.17, 15) is 0 Å². The van der Waals surface area contributed by atoms with Gasteiger partial charge in [-0.3, -0.25) is 0 Å². The lowest BCUT2D eigenvalue weighted by Gasteiger charge is -2.06. The minimum absolute atomic E-state index is 0.522. The van der Waals surface area contributed by atoms with E-state index in [2.05, 4.69) is 9.97 Å². The van der Waals surface area contributed by atoms with E-state index in [-0.39, 0.29) is 0 Å². The van der Waals surface area contributed by atoms with Crippen LogP contribution >= 0.6 is 11.3 Å². The largest absolute Gasteiger partial charge is 0.471 e. The second-order valence-corrected chi connectivity index (χ2v) is 4.86. The van der Waals surface area contributed by atoms with Gasteiger partial charge in [-0.25, -0.2) is 9.97 Å². The molecule has 0 spiro atoms. The standard InChI is InChI=1S/C13H11N3OS/c14-9-3-4-11-12(6-9)15-8-16-13(11)17-7-10-2-1-5-18-10/h1-6,8H,7,14H2. The molecule has 0 unspecified atom stereocenters. The first kappa shape index (κ1) is 11.0. The van der Waals surface area contributed by atoms with Crippen molar-refractivity contribution in [2.24, 2.45) is 0 Å². The summed E-state index contributed by atoms with van der Waals surface area (Å²) in [7, 11) is 0. The summed E-state index contributed by atoms with van der Waals surface area (Å²) < 4.78 is 5.72. The van der Waals surface area contributed by atoms with Crippen LogP contribution in [0, 0.1) is 0 Å². The van der Waals surface area contributed by atoms with Crippen LogP contribution in [0.3, 0.4) is 0 Å². The third-order valence-electron chi connectivity index (χ3n) is 2.56. The van der Waals surface area contributed by atoms with E-state index in [1.165, 1.54) is 6.33 Å². The van der Waals surface area contributed by atoms with Crippen LogP contribution in [0.4, 0.5) is 5.69 Å². The smallest absolute Gasteiger partial charge is 0.224 e. The van der Waals surface area contributed by atoms with Crippen molar-refractivity contribution in [3.63, 3.8) is 0 Å². The van der Waals surface area contributed by atoms with Gasteiger partial charge in [-0.05, 0) is 29.6 Å². The summed E-state index contributed by atoms with van der Waals surface area (Å²) in [5.74, 6) is 0.591. The second-order valence-electron chi connectivity index (χ2n) is 3.82. The van der Waals surface area contributed by atoms with Crippen molar-refractivity contribution in [2.45, 2.75) is 6.61 Å². The summed E-state index contributed by atoms with van der Waals surface area (Å²) >= 11 is 1.66. The van der Waals surface area contributed by atoms with Crippen molar-refractivity contribution < 1.29 is 4.74 Å². The van der Waals surface area contributed by atoms with Gasteiger partial charge in [0.25, 0.3) is 0 Å². The Kier molecular flexibility index (Phi) is 2.82. The Bertz CT molecular complexity index is 667. The number of benzene rings is 1. The molecule has 0 radical (unpaired) electrons. The fraction of sp³-hybridized carbons (Fsp3) is 0.0769. The zero-order valence-electron chi connectivity index (χ0n) is 9.54. The topological polar surface area (TPSA) is 61.0 Å². The number of thiophene rings is 1. The van der Waals surface area contributed by atoms with Crippen LogP contribution in [0.2, 0.25) is 0 Å². The van der Waals surface area contributed by atoms with Gasteiger partial charge >= 0.3 is 0 Å². The molecular weight excluding hydrogens is 246 g/mol. The number of hydrogen-bond acceptors (Lipinski definition) is 5. The lowest BCUT2D eigenvalue weighted by Crippen LogP contribution is -1.97. The van der Waals surface area contributed by atoms with Crippen LogP contribution in [0.1, 0.15) is 4.88 Å². The summed E-state index contributed by atoms with van der Waals surface area (Å²) in [6, 6.07) is 9.56. The van der Waals surface area contributed by atoms with Crippen molar-refractivity contribution in [3.8, 4) is 5.88 Å². The first-order valence-corrected chi connectivity index (χ1v) is 6.36. The summed E-state index contributed by atoms with van der Waals surface area (Å²) in [4.78, 5) is 9.51. The minimum Gasteiger partial charge on any atom is -0.471 e. The molecule has 0 saturated carbocycles. The van der Waals surface area contributed by atoms with Gasteiger partial charge in [0.15, 0.2) is 0 Å². The van der Waals surface area contributed by atoms with Crippen LogP contribution in [0.5, 0.6) is 5.88 Å². The van der Waals surface area contributed by atoms with E-state index >= 15 is 0 Å². The van der Waals surface area contributed by atoms with Crippen molar-refractivity contribution >= 4 is 27.9 Å². The molecule has 0 saturated heterocycles. The molecule has 0 aliphatic carbocycles. The molecule has 3 rings (SSSR count). The number of anilines is 1. The van der Waals surface area contributed by atoms with Gasteiger partial charge in [0, 0.05) is 10.6 Å². The molecule has 0 aliphatic rings. The van der Waals surface area contributed by atoms with Crippen LogP contribution in [0.15, 0.2) is 42.0 Å². The van der Waals surface area contributed by atoms with Crippen LogP contribution in [0.25, 0.3) is 10.9 Å². The maximum Gasteiger partial charge on any atom is 0.224 e. The van der Waals surface area contributed by atoms with E-state index in [4.69, 9.17) is 10.5 Å². The highest BCUT2D eigenvalue weighted by Crippen LogP contribution is 2.24. The first-order valence-electron chi connectivity index (χ1n) is 5.48. The Balaban J connectivity index is 1.92. The fourth-order valence-corrected chi connectivity index (χ4v) is 2.31. The van der Waals surface area contributed by atoms with Crippen LogP contribution < -0.4 is 10.5 Å². The molecular formula is C13H11N3OS. The number of rotatable bonds is 3. The van der Waals surface area contributed by atoms with E-state index in [0.717, 1.165) is 15.8 Å². The van der Waals surface area contributed by atoms with Gasteiger partial charge in [0.2, 0.25) is 5.88 Å². The number of nitrogen functional groups attached to an aromatic ring is 1. The molecule has 0 amide bonds. The maximum atomic E-state index is 5.73. The molecule has 0 fully saturated rings. The molecule has 0 bridgehead atoms. The van der Waals surface area contributed by atoms with Gasteiger partial charge in [0.05, 0.1) is 10.9 Å². The monoisotopic (exact) mass is 257 g/mol. The Morgan fingerprint density at radius 3 is 3.00 bits per heavy atom. The highest BCUT2D eigenvalue weighted by Gasteiger charge is 2.05. The van der Waals surface area contributed by atoms with E-state index in [1.54, 1.807) is 11.3 Å². The second kappa shape index (κ2) is 4.62. The minimum atomic E-state index is 0.522. The molecule has 1 aromatic carbocycles. The Labute approximate surface area is 108 Å². The van der Waals surface area contributed by atoms with Gasteiger partial charge in [0.1, 0.15) is 12.9 Å².